The van der Waals surface area contributed by atoms with E-state index in [1.165, 1.54) is 0 Å². The summed E-state index contributed by atoms with van der Waals surface area (Å²) in [6.45, 7) is 2.62. The van der Waals surface area contributed by atoms with Crippen LogP contribution in [0.15, 0.2) is 46.4 Å². The summed E-state index contributed by atoms with van der Waals surface area (Å²) in [5.74, 6) is 0.812. The molecule has 3 heterocycles. The van der Waals surface area contributed by atoms with Gasteiger partial charge in [0.2, 0.25) is 0 Å². The van der Waals surface area contributed by atoms with Gasteiger partial charge in [0, 0.05) is 35.3 Å². The summed E-state index contributed by atoms with van der Waals surface area (Å²) in [6.07, 6.45) is 3.68. The topological polar surface area (TPSA) is 59.2 Å². The summed E-state index contributed by atoms with van der Waals surface area (Å²) in [6, 6.07) is 9.60. The molecule has 0 radical (unpaired) electrons. The number of hydrogen-bond acceptors (Lipinski definition) is 5. The van der Waals surface area contributed by atoms with Crippen molar-refractivity contribution in [2.45, 2.75) is 25.8 Å². The zero-order chi connectivity index (χ0) is 16.5. The van der Waals surface area contributed by atoms with E-state index in [0.717, 1.165) is 41.4 Å². The molecule has 4 rings (SSSR count). The highest BCUT2D eigenvalue weighted by atomic mass is 32.1. The Morgan fingerprint density at radius 3 is 3.04 bits per heavy atom. The van der Waals surface area contributed by atoms with Gasteiger partial charge in [-0.15, -0.1) is 11.3 Å². The lowest BCUT2D eigenvalue weighted by Gasteiger charge is -2.23. The maximum Gasteiger partial charge on any atom is 0.254 e. The third-order valence-electron chi connectivity index (χ3n) is 4.29. The van der Waals surface area contributed by atoms with Gasteiger partial charge in [-0.3, -0.25) is 4.79 Å². The highest BCUT2D eigenvalue weighted by Crippen LogP contribution is 2.33. The Balaban J connectivity index is 1.62. The molecule has 1 fully saturated rings. The van der Waals surface area contributed by atoms with Gasteiger partial charge in [0.1, 0.15) is 16.5 Å². The normalized spacial score (nSPS) is 17.4. The molecular formula is C18H17N3O2S. The summed E-state index contributed by atoms with van der Waals surface area (Å²) >= 11 is 1.57. The molecule has 0 unspecified atom stereocenters. The Morgan fingerprint density at radius 2 is 2.29 bits per heavy atom. The molecule has 122 valence electrons. The average Bonchev–Trinajstić information content (AvgIpc) is 3.35. The lowest BCUT2D eigenvalue weighted by Crippen LogP contribution is -2.30. The van der Waals surface area contributed by atoms with Crippen LogP contribution in [0.2, 0.25) is 0 Å². The van der Waals surface area contributed by atoms with Crippen LogP contribution in [-0.2, 0) is 0 Å². The molecule has 24 heavy (non-hydrogen) atoms. The second-order valence-electron chi connectivity index (χ2n) is 5.94. The molecule has 1 amide bonds. The SMILES string of the molecule is Cc1cc([C@@H]2CCCN2C(=O)c2cccc(-c3nccs3)c2)no1. The predicted molar refractivity (Wildman–Crippen MR) is 91.8 cm³/mol. The Morgan fingerprint density at radius 1 is 1.38 bits per heavy atom. The van der Waals surface area contributed by atoms with E-state index in [1.807, 2.05) is 47.5 Å². The largest absolute Gasteiger partial charge is 0.361 e. The van der Waals surface area contributed by atoms with Crippen molar-refractivity contribution in [3.05, 3.63) is 58.9 Å². The molecule has 0 spiro atoms. The van der Waals surface area contributed by atoms with Crippen LogP contribution >= 0.6 is 11.3 Å². The Labute approximate surface area is 143 Å². The molecule has 1 atom stereocenters. The fraction of sp³-hybridized carbons (Fsp3) is 0.278. The van der Waals surface area contributed by atoms with Gasteiger partial charge in [-0.2, -0.15) is 0 Å². The molecule has 1 aromatic carbocycles. The molecule has 1 aliphatic heterocycles. The van der Waals surface area contributed by atoms with Crippen molar-refractivity contribution in [1.29, 1.82) is 0 Å². The smallest absolute Gasteiger partial charge is 0.254 e. The number of carbonyl (C=O) groups excluding carboxylic acids is 1. The predicted octanol–water partition coefficient (Wildman–Crippen LogP) is 4.08. The fourth-order valence-corrected chi connectivity index (χ4v) is 3.81. The molecule has 1 aliphatic rings. The summed E-state index contributed by atoms with van der Waals surface area (Å²) in [5, 5.41) is 6.97. The van der Waals surface area contributed by atoms with Gasteiger partial charge in [-0.05, 0) is 31.9 Å². The lowest BCUT2D eigenvalue weighted by molar-refractivity contribution is 0.0731. The van der Waals surface area contributed by atoms with Gasteiger partial charge in [0.15, 0.2) is 0 Å². The summed E-state index contributed by atoms with van der Waals surface area (Å²) < 4.78 is 5.18. The van der Waals surface area contributed by atoms with Crippen LogP contribution < -0.4 is 0 Å². The van der Waals surface area contributed by atoms with E-state index in [9.17, 15) is 4.79 Å². The van der Waals surface area contributed by atoms with Crippen molar-refractivity contribution in [2.75, 3.05) is 6.54 Å². The molecule has 5 nitrogen and oxygen atoms in total. The maximum atomic E-state index is 13.0. The third kappa shape index (κ3) is 2.73. The first-order valence-electron chi connectivity index (χ1n) is 7.96. The zero-order valence-electron chi connectivity index (χ0n) is 13.3. The van der Waals surface area contributed by atoms with Crippen LogP contribution in [0.1, 0.15) is 40.7 Å². The van der Waals surface area contributed by atoms with Gasteiger partial charge < -0.3 is 9.42 Å². The van der Waals surface area contributed by atoms with Crippen molar-refractivity contribution >= 4 is 17.2 Å². The molecular weight excluding hydrogens is 322 g/mol. The minimum absolute atomic E-state index is 0.00142. The van der Waals surface area contributed by atoms with E-state index >= 15 is 0 Å². The average molecular weight is 339 g/mol. The van der Waals surface area contributed by atoms with Gasteiger partial charge in [-0.25, -0.2) is 4.98 Å². The molecule has 0 saturated carbocycles. The highest BCUT2D eigenvalue weighted by Gasteiger charge is 2.32. The van der Waals surface area contributed by atoms with Crippen molar-refractivity contribution in [3.63, 3.8) is 0 Å². The van der Waals surface area contributed by atoms with E-state index < -0.39 is 0 Å². The molecule has 0 N–H and O–H groups in total. The number of rotatable bonds is 3. The minimum atomic E-state index is -0.00142. The van der Waals surface area contributed by atoms with E-state index in [0.29, 0.717) is 5.56 Å². The van der Waals surface area contributed by atoms with Gasteiger partial charge >= 0.3 is 0 Å². The number of aromatic nitrogens is 2. The summed E-state index contributed by atoms with van der Waals surface area (Å²) in [4.78, 5) is 19.2. The number of carbonyl (C=O) groups is 1. The first kappa shape index (κ1) is 15.1. The number of amides is 1. The molecule has 6 heteroatoms. The Bertz CT molecular complexity index is 857. The van der Waals surface area contributed by atoms with E-state index in [1.54, 1.807) is 17.5 Å². The fourth-order valence-electron chi connectivity index (χ4n) is 3.18. The molecule has 2 aromatic heterocycles. The third-order valence-corrected chi connectivity index (χ3v) is 5.11. The van der Waals surface area contributed by atoms with E-state index in [4.69, 9.17) is 4.52 Å². The second kappa shape index (κ2) is 6.20. The maximum absolute atomic E-state index is 13.0. The Kier molecular flexibility index (Phi) is 3.90. The molecule has 3 aromatic rings. The first-order chi connectivity index (χ1) is 11.7. The lowest BCUT2D eigenvalue weighted by atomic mass is 10.1. The number of hydrogen-bond donors (Lipinski definition) is 0. The number of likely N-dealkylation sites (tertiary alicyclic amines) is 1. The van der Waals surface area contributed by atoms with Gasteiger partial charge in [0.25, 0.3) is 5.91 Å². The van der Waals surface area contributed by atoms with Crippen LogP contribution in [0.25, 0.3) is 10.6 Å². The standard InChI is InChI=1S/C18H17N3O2S/c1-12-10-15(20-23-12)16-6-3-8-21(16)18(22)14-5-2-4-13(11-14)17-19-7-9-24-17/h2,4-5,7,9-11,16H,3,6,8H2,1H3/t16-/m0/s1. The quantitative estimate of drug-likeness (QED) is 0.721. The molecule has 1 saturated heterocycles. The van der Waals surface area contributed by atoms with E-state index in [2.05, 4.69) is 10.1 Å². The summed E-state index contributed by atoms with van der Waals surface area (Å²) in [5.41, 5.74) is 2.51. The van der Waals surface area contributed by atoms with Crippen LogP contribution in [0.4, 0.5) is 0 Å². The minimum Gasteiger partial charge on any atom is -0.361 e. The van der Waals surface area contributed by atoms with Crippen LogP contribution in [0.5, 0.6) is 0 Å². The molecule has 0 aliphatic carbocycles. The van der Waals surface area contributed by atoms with Crippen molar-refractivity contribution in [3.8, 4) is 10.6 Å². The van der Waals surface area contributed by atoms with Crippen molar-refractivity contribution in [1.82, 2.24) is 15.0 Å². The van der Waals surface area contributed by atoms with E-state index in [-0.39, 0.29) is 11.9 Å². The van der Waals surface area contributed by atoms with Crippen LogP contribution in [-0.4, -0.2) is 27.5 Å². The number of benzene rings is 1. The highest BCUT2D eigenvalue weighted by molar-refractivity contribution is 7.13. The van der Waals surface area contributed by atoms with Crippen LogP contribution in [0, 0.1) is 6.92 Å². The zero-order valence-corrected chi connectivity index (χ0v) is 14.1. The summed E-state index contributed by atoms with van der Waals surface area (Å²) in [7, 11) is 0. The first-order valence-corrected chi connectivity index (χ1v) is 8.84. The van der Waals surface area contributed by atoms with Crippen molar-refractivity contribution in [2.24, 2.45) is 0 Å². The number of nitrogens with zero attached hydrogens (tertiary/aromatic N) is 3. The van der Waals surface area contributed by atoms with Gasteiger partial charge in [-0.1, -0.05) is 17.3 Å². The van der Waals surface area contributed by atoms with Crippen molar-refractivity contribution < 1.29 is 9.32 Å². The van der Waals surface area contributed by atoms with Gasteiger partial charge in [0.05, 0.1) is 6.04 Å². The number of thiazole rings is 1. The Hall–Kier alpha value is -2.47. The van der Waals surface area contributed by atoms with Crippen LogP contribution in [0.3, 0.4) is 0 Å². The molecule has 0 bridgehead atoms. The monoisotopic (exact) mass is 339 g/mol. The second-order valence-corrected chi connectivity index (χ2v) is 6.83. The number of aryl methyl sites for hydroxylation is 1.